The second kappa shape index (κ2) is 9.90. The van der Waals surface area contributed by atoms with Gasteiger partial charge in [0.25, 0.3) is 0 Å². The molecule has 0 spiro atoms. The lowest BCUT2D eigenvalue weighted by molar-refractivity contribution is -0.137. The normalized spacial score (nSPS) is 11.7. The summed E-state index contributed by atoms with van der Waals surface area (Å²) in [5.41, 5.74) is 1.60. The molecule has 0 N–H and O–H groups in total. The SMILES string of the molecule is Cc1ccncc1-c1cnc2nc(OCc3cc(F)c(Oc4ccc(Cl)c(C(F)(F)F)c4)c(F)c3)ccn12. The Morgan fingerprint density at radius 1 is 1.00 bits per heavy atom. The van der Waals surface area contributed by atoms with E-state index in [9.17, 15) is 22.0 Å². The molecule has 3 heterocycles. The van der Waals surface area contributed by atoms with Crippen LogP contribution in [0.15, 0.2) is 67.3 Å². The number of nitrogens with zero attached hydrogens (tertiary/aromatic N) is 4. The minimum absolute atomic E-state index is 0.108. The van der Waals surface area contributed by atoms with E-state index in [1.165, 1.54) is 0 Å². The van der Waals surface area contributed by atoms with Crippen molar-refractivity contribution in [3.8, 4) is 28.6 Å². The highest BCUT2D eigenvalue weighted by atomic mass is 35.5. The summed E-state index contributed by atoms with van der Waals surface area (Å²) in [7, 11) is 0. The first-order valence-corrected chi connectivity index (χ1v) is 11.4. The number of hydrogen-bond donors (Lipinski definition) is 0. The van der Waals surface area contributed by atoms with Gasteiger partial charge in [0, 0.05) is 30.2 Å². The number of fused-ring (bicyclic) bond motifs is 1. The molecule has 0 aliphatic heterocycles. The van der Waals surface area contributed by atoms with Gasteiger partial charge in [0.05, 0.1) is 22.5 Å². The highest BCUT2D eigenvalue weighted by molar-refractivity contribution is 6.31. The number of ether oxygens (including phenoxy) is 2. The Bertz CT molecular complexity index is 1630. The topological polar surface area (TPSA) is 61.5 Å². The molecule has 3 aromatic heterocycles. The van der Waals surface area contributed by atoms with E-state index in [4.69, 9.17) is 21.1 Å². The Morgan fingerprint density at radius 2 is 1.76 bits per heavy atom. The van der Waals surface area contributed by atoms with Crippen LogP contribution in [0.4, 0.5) is 22.0 Å². The predicted octanol–water partition coefficient (Wildman–Crippen LogP) is 7.42. The first-order valence-electron chi connectivity index (χ1n) is 11.0. The van der Waals surface area contributed by atoms with Crippen LogP contribution in [-0.2, 0) is 12.8 Å². The number of alkyl halides is 3. The van der Waals surface area contributed by atoms with Crippen molar-refractivity contribution in [3.05, 3.63) is 101 Å². The zero-order valence-corrected chi connectivity index (χ0v) is 20.2. The average Bonchev–Trinajstić information content (AvgIpc) is 3.28. The summed E-state index contributed by atoms with van der Waals surface area (Å²) in [6.45, 7) is 1.71. The first kappa shape index (κ1) is 25.4. The molecule has 38 heavy (non-hydrogen) atoms. The summed E-state index contributed by atoms with van der Waals surface area (Å²) < 4.78 is 80.9. The lowest BCUT2D eigenvalue weighted by Gasteiger charge is -2.13. The summed E-state index contributed by atoms with van der Waals surface area (Å²) in [5.74, 6) is -3.02. The summed E-state index contributed by atoms with van der Waals surface area (Å²) >= 11 is 5.57. The number of rotatable bonds is 6. The van der Waals surface area contributed by atoms with Gasteiger partial charge in [0.15, 0.2) is 17.4 Å². The minimum Gasteiger partial charge on any atom is -0.473 e. The monoisotopic (exact) mass is 546 g/mol. The number of pyridine rings is 1. The number of aryl methyl sites for hydroxylation is 1. The molecule has 0 saturated heterocycles. The number of imidazole rings is 1. The molecule has 6 nitrogen and oxygen atoms in total. The van der Waals surface area contributed by atoms with Crippen LogP contribution in [0.1, 0.15) is 16.7 Å². The van der Waals surface area contributed by atoms with Crippen LogP contribution in [0.5, 0.6) is 17.4 Å². The van der Waals surface area contributed by atoms with Crippen LogP contribution in [0, 0.1) is 18.6 Å². The van der Waals surface area contributed by atoms with Crippen LogP contribution in [-0.4, -0.2) is 19.4 Å². The van der Waals surface area contributed by atoms with Crippen LogP contribution >= 0.6 is 11.6 Å². The van der Waals surface area contributed by atoms with Crippen LogP contribution in [0.2, 0.25) is 5.02 Å². The van der Waals surface area contributed by atoms with E-state index in [0.717, 1.165) is 41.1 Å². The predicted molar refractivity (Wildman–Crippen MR) is 128 cm³/mol. The third-order valence-electron chi connectivity index (χ3n) is 5.58. The quantitative estimate of drug-likeness (QED) is 0.207. The first-order chi connectivity index (χ1) is 18.1. The van der Waals surface area contributed by atoms with E-state index in [1.54, 1.807) is 35.3 Å². The van der Waals surface area contributed by atoms with Gasteiger partial charge in [-0.3, -0.25) is 9.38 Å². The van der Waals surface area contributed by atoms with Crippen molar-refractivity contribution in [2.24, 2.45) is 0 Å². The maximum Gasteiger partial charge on any atom is 0.417 e. The zero-order chi connectivity index (χ0) is 27.0. The summed E-state index contributed by atoms with van der Waals surface area (Å²) in [4.78, 5) is 12.7. The second-order valence-corrected chi connectivity index (χ2v) is 8.60. The number of halogens is 6. The van der Waals surface area contributed by atoms with Gasteiger partial charge in [-0.2, -0.15) is 18.2 Å². The Labute approximate surface area is 217 Å². The van der Waals surface area contributed by atoms with E-state index >= 15 is 0 Å². The van der Waals surface area contributed by atoms with E-state index < -0.39 is 39.9 Å². The molecule has 0 fully saturated rings. The maximum atomic E-state index is 14.6. The summed E-state index contributed by atoms with van der Waals surface area (Å²) in [6, 6.07) is 7.94. The van der Waals surface area contributed by atoms with Gasteiger partial charge in [-0.05, 0) is 54.4 Å². The van der Waals surface area contributed by atoms with Gasteiger partial charge in [0.1, 0.15) is 12.4 Å². The number of aromatic nitrogens is 4. The van der Waals surface area contributed by atoms with E-state index in [-0.39, 0.29) is 18.1 Å². The molecular weight excluding hydrogens is 531 g/mol. The van der Waals surface area contributed by atoms with Gasteiger partial charge in [-0.25, -0.2) is 13.8 Å². The molecule has 194 valence electrons. The van der Waals surface area contributed by atoms with Gasteiger partial charge in [-0.15, -0.1) is 0 Å². The molecule has 0 radical (unpaired) electrons. The third-order valence-corrected chi connectivity index (χ3v) is 5.91. The highest BCUT2D eigenvalue weighted by Crippen LogP contribution is 2.38. The molecule has 0 aliphatic carbocycles. The van der Waals surface area contributed by atoms with E-state index in [0.29, 0.717) is 11.8 Å². The van der Waals surface area contributed by atoms with Crippen molar-refractivity contribution in [1.29, 1.82) is 0 Å². The number of hydrogen-bond acceptors (Lipinski definition) is 5. The summed E-state index contributed by atoms with van der Waals surface area (Å²) in [6.07, 6.45) is 2.01. The van der Waals surface area contributed by atoms with Gasteiger partial charge < -0.3 is 9.47 Å². The molecule has 0 amide bonds. The lowest BCUT2D eigenvalue weighted by Crippen LogP contribution is -2.06. The molecule has 5 rings (SSSR count). The Kier molecular flexibility index (Phi) is 6.62. The Balaban J connectivity index is 1.32. The van der Waals surface area contributed by atoms with Crippen LogP contribution in [0.3, 0.4) is 0 Å². The minimum atomic E-state index is -4.76. The second-order valence-electron chi connectivity index (χ2n) is 8.19. The number of benzene rings is 2. The molecule has 0 bridgehead atoms. The van der Waals surface area contributed by atoms with E-state index in [2.05, 4.69) is 15.0 Å². The van der Waals surface area contributed by atoms with Crippen molar-refractivity contribution in [3.63, 3.8) is 0 Å². The molecule has 12 heteroatoms. The highest BCUT2D eigenvalue weighted by Gasteiger charge is 2.33. The molecule has 0 unspecified atom stereocenters. The molecule has 5 aromatic rings. The molecule has 0 saturated carbocycles. The fraction of sp³-hybridized carbons (Fsp3) is 0.115. The third kappa shape index (κ3) is 5.10. The van der Waals surface area contributed by atoms with Crippen molar-refractivity contribution in [2.75, 3.05) is 0 Å². The molecule has 2 aromatic carbocycles. The zero-order valence-electron chi connectivity index (χ0n) is 19.4. The molecule has 0 atom stereocenters. The van der Waals surface area contributed by atoms with Crippen molar-refractivity contribution < 1.29 is 31.4 Å². The fourth-order valence-corrected chi connectivity index (χ4v) is 3.94. The fourth-order valence-electron chi connectivity index (χ4n) is 3.72. The standard InChI is InChI=1S/C26H16ClF5N4O2/c1-14-4-6-33-11-17(14)22-12-34-25-35-23(5-7-36(22)25)37-13-15-8-20(28)24(21(29)9-15)38-16-2-3-19(27)18(10-16)26(30,31)32/h2-12H,13H2,1H3. The Morgan fingerprint density at radius 3 is 2.47 bits per heavy atom. The van der Waals surface area contributed by atoms with Gasteiger partial charge in [-0.1, -0.05) is 11.6 Å². The Hall–Kier alpha value is -4.25. The van der Waals surface area contributed by atoms with Crippen LogP contribution in [0.25, 0.3) is 17.0 Å². The molecule has 0 aliphatic rings. The van der Waals surface area contributed by atoms with Gasteiger partial charge >= 0.3 is 6.18 Å². The lowest BCUT2D eigenvalue weighted by atomic mass is 10.1. The summed E-state index contributed by atoms with van der Waals surface area (Å²) in [5, 5.41) is -0.566. The van der Waals surface area contributed by atoms with Crippen molar-refractivity contribution in [1.82, 2.24) is 19.4 Å². The van der Waals surface area contributed by atoms with Crippen molar-refractivity contribution in [2.45, 2.75) is 19.7 Å². The largest absolute Gasteiger partial charge is 0.473 e. The van der Waals surface area contributed by atoms with Crippen molar-refractivity contribution >= 4 is 17.4 Å². The van der Waals surface area contributed by atoms with Gasteiger partial charge in [0.2, 0.25) is 11.7 Å². The average molecular weight is 547 g/mol. The maximum absolute atomic E-state index is 14.6. The van der Waals surface area contributed by atoms with Crippen LogP contribution < -0.4 is 9.47 Å². The molecular formula is C26H16ClF5N4O2. The van der Waals surface area contributed by atoms with E-state index in [1.807, 2.05) is 13.0 Å². The smallest absolute Gasteiger partial charge is 0.417 e.